The zero-order valence-electron chi connectivity index (χ0n) is 34.0. The monoisotopic (exact) mass is 783 g/mol. The molecule has 0 saturated carbocycles. The maximum absolute atomic E-state index is 6.77. The zero-order valence-corrected chi connectivity index (χ0v) is 34.0. The number of ether oxygens (including phenoxy) is 2. The Hall–Kier alpha value is -7.62. The summed E-state index contributed by atoms with van der Waals surface area (Å²) in [7, 11) is 0. The topological polar surface area (TPSA) is 21.7 Å². The Kier molecular flexibility index (Phi) is 7.79. The molecular formula is C58H41NO2. The predicted octanol–water partition coefficient (Wildman–Crippen LogP) is 15.4. The predicted molar refractivity (Wildman–Crippen MR) is 248 cm³/mol. The standard InChI is InChI=1S/C58H41NO2/c1-57(2)47-23-11-9-20-44(47)45-22-15-25-50(55(45)57)59(42-32-28-39(29-33-42)38-16-5-3-6-17-38)43-34-30-41(31-35-43)58(40-18-7-4-8-19-40)48-24-12-10-21-46(48)54-49(58)36-37-53-56(54)61-52-27-14-13-26-51(52)60-53/h3-37H,1-2H3. The highest BCUT2D eigenvalue weighted by Crippen LogP contribution is 2.62. The van der Waals surface area contributed by atoms with Gasteiger partial charge in [0.25, 0.3) is 0 Å². The smallest absolute Gasteiger partial charge is 0.178 e. The fraction of sp³-hybridized carbons (Fsp3) is 0.0690. The Labute approximate surface area is 356 Å². The van der Waals surface area contributed by atoms with Crippen LogP contribution in [0, 0.1) is 0 Å². The molecule has 0 spiro atoms. The lowest BCUT2D eigenvalue weighted by atomic mass is 9.67. The first-order chi connectivity index (χ1) is 30.0. The highest BCUT2D eigenvalue weighted by Gasteiger charge is 2.48. The van der Waals surface area contributed by atoms with E-state index in [0.717, 1.165) is 45.5 Å². The van der Waals surface area contributed by atoms with Gasteiger partial charge < -0.3 is 14.4 Å². The highest BCUT2D eigenvalue weighted by molar-refractivity contribution is 5.93. The van der Waals surface area contributed by atoms with Gasteiger partial charge in [-0.2, -0.15) is 0 Å². The second-order valence-corrected chi connectivity index (χ2v) is 16.8. The lowest BCUT2D eigenvalue weighted by Gasteiger charge is -2.35. The first-order valence-electron chi connectivity index (χ1n) is 21.1. The van der Waals surface area contributed by atoms with Crippen molar-refractivity contribution in [3.63, 3.8) is 0 Å². The van der Waals surface area contributed by atoms with E-state index in [1.165, 1.54) is 61.3 Å². The van der Waals surface area contributed by atoms with Gasteiger partial charge in [0, 0.05) is 22.4 Å². The quantitative estimate of drug-likeness (QED) is 0.168. The molecule has 0 bridgehead atoms. The molecule has 1 atom stereocenters. The maximum atomic E-state index is 6.77. The Bertz CT molecular complexity index is 3150. The molecular weight excluding hydrogens is 743 g/mol. The van der Waals surface area contributed by atoms with Gasteiger partial charge >= 0.3 is 0 Å². The third-order valence-electron chi connectivity index (χ3n) is 13.2. The van der Waals surface area contributed by atoms with Gasteiger partial charge in [0.2, 0.25) is 0 Å². The lowest BCUT2D eigenvalue weighted by Crippen LogP contribution is -2.28. The summed E-state index contributed by atoms with van der Waals surface area (Å²) in [5, 5.41) is 0. The summed E-state index contributed by atoms with van der Waals surface area (Å²) in [5.41, 5.74) is 17.2. The molecule has 0 N–H and O–H groups in total. The average Bonchev–Trinajstić information content (AvgIpc) is 3.76. The van der Waals surface area contributed by atoms with E-state index >= 15 is 0 Å². The van der Waals surface area contributed by atoms with Crippen molar-refractivity contribution < 1.29 is 9.47 Å². The summed E-state index contributed by atoms with van der Waals surface area (Å²) in [6.45, 7) is 4.73. The van der Waals surface area contributed by atoms with Crippen molar-refractivity contribution in [2.45, 2.75) is 24.7 Å². The average molecular weight is 784 g/mol. The molecule has 0 amide bonds. The van der Waals surface area contributed by atoms with Crippen LogP contribution in [0.1, 0.15) is 47.2 Å². The van der Waals surface area contributed by atoms with E-state index in [4.69, 9.17) is 9.47 Å². The lowest BCUT2D eigenvalue weighted by molar-refractivity contribution is 0.360. The van der Waals surface area contributed by atoms with E-state index in [1.807, 2.05) is 24.3 Å². The van der Waals surface area contributed by atoms with Crippen molar-refractivity contribution in [2.75, 3.05) is 4.90 Å². The van der Waals surface area contributed by atoms with Crippen LogP contribution in [0.2, 0.25) is 0 Å². The summed E-state index contributed by atoms with van der Waals surface area (Å²) in [4.78, 5) is 2.45. The van der Waals surface area contributed by atoms with Crippen LogP contribution >= 0.6 is 0 Å². The van der Waals surface area contributed by atoms with Crippen LogP contribution in [0.25, 0.3) is 33.4 Å². The number of hydrogen-bond donors (Lipinski definition) is 0. The maximum Gasteiger partial charge on any atom is 0.178 e. The van der Waals surface area contributed by atoms with E-state index < -0.39 is 5.41 Å². The van der Waals surface area contributed by atoms with Crippen LogP contribution in [0.5, 0.6) is 23.0 Å². The van der Waals surface area contributed by atoms with Gasteiger partial charge in [-0.05, 0) is 110 Å². The second kappa shape index (κ2) is 13.5. The van der Waals surface area contributed by atoms with E-state index in [1.54, 1.807) is 0 Å². The molecule has 1 unspecified atom stereocenters. The van der Waals surface area contributed by atoms with Crippen molar-refractivity contribution in [3.8, 4) is 56.4 Å². The Morgan fingerprint density at radius 3 is 1.67 bits per heavy atom. The van der Waals surface area contributed by atoms with E-state index in [9.17, 15) is 0 Å². The molecule has 290 valence electrons. The van der Waals surface area contributed by atoms with Gasteiger partial charge in [-0.1, -0.05) is 178 Å². The van der Waals surface area contributed by atoms with E-state index in [2.05, 4.69) is 207 Å². The number of para-hydroxylation sites is 2. The van der Waals surface area contributed by atoms with Gasteiger partial charge in [0.1, 0.15) is 0 Å². The zero-order chi connectivity index (χ0) is 40.7. The minimum Gasteiger partial charge on any atom is -0.449 e. The molecule has 0 fully saturated rings. The third kappa shape index (κ3) is 5.17. The molecule has 1 heterocycles. The minimum atomic E-state index is -0.624. The molecule has 3 nitrogen and oxygen atoms in total. The second-order valence-electron chi connectivity index (χ2n) is 16.8. The number of anilines is 3. The fourth-order valence-electron chi connectivity index (χ4n) is 10.5. The van der Waals surface area contributed by atoms with Crippen LogP contribution in [-0.4, -0.2) is 0 Å². The number of rotatable bonds is 6. The first-order valence-corrected chi connectivity index (χ1v) is 21.1. The highest BCUT2D eigenvalue weighted by atomic mass is 16.6. The van der Waals surface area contributed by atoms with Crippen molar-refractivity contribution in [3.05, 3.63) is 246 Å². The molecule has 3 aliphatic rings. The number of hydrogen-bond acceptors (Lipinski definition) is 3. The van der Waals surface area contributed by atoms with E-state index in [0.29, 0.717) is 0 Å². The number of benzene rings is 9. The molecule has 9 aromatic carbocycles. The summed E-state index contributed by atoms with van der Waals surface area (Å²) >= 11 is 0. The third-order valence-corrected chi connectivity index (χ3v) is 13.2. The van der Waals surface area contributed by atoms with Crippen LogP contribution in [-0.2, 0) is 10.8 Å². The minimum absolute atomic E-state index is 0.204. The molecule has 9 aromatic rings. The van der Waals surface area contributed by atoms with Crippen LogP contribution in [0.4, 0.5) is 17.1 Å². The normalized spacial score (nSPS) is 15.8. The molecule has 0 saturated heterocycles. The Balaban J connectivity index is 1.06. The van der Waals surface area contributed by atoms with Gasteiger partial charge in [0.15, 0.2) is 23.0 Å². The number of fused-ring (bicyclic) bond motifs is 9. The largest absolute Gasteiger partial charge is 0.449 e. The first kappa shape index (κ1) is 35.3. The Morgan fingerprint density at radius 1 is 0.377 bits per heavy atom. The fourth-order valence-corrected chi connectivity index (χ4v) is 10.5. The molecule has 12 rings (SSSR count). The van der Waals surface area contributed by atoms with Crippen LogP contribution in [0.15, 0.2) is 212 Å². The van der Waals surface area contributed by atoms with Crippen LogP contribution in [0.3, 0.4) is 0 Å². The molecule has 2 aliphatic carbocycles. The summed E-state index contributed by atoms with van der Waals surface area (Å²) < 4.78 is 13.3. The molecule has 0 radical (unpaired) electrons. The van der Waals surface area contributed by atoms with Gasteiger partial charge in [-0.15, -0.1) is 0 Å². The van der Waals surface area contributed by atoms with Crippen molar-refractivity contribution in [2.24, 2.45) is 0 Å². The van der Waals surface area contributed by atoms with Crippen molar-refractivity contribution in [1.29, 1.82) is 0 Å². The number of nitrogens with zero attached hydrogens (tertiary/aromatic N) is 1. The SMILES string of the molecule is CC1(C)c2ccccc2-c2cccc(N(c3ccc(-c4ccccc4)cc3)c3ccc(C4(c5ccccc5)c5ccccc5-c5c4ccc4c5Oc5ccccc5O4)cc3)c21. The summed E-state index contributed by atoms with van der Waals surface area (Å²) in [6.07, 6.45) is 0. The molecule has 3 heteroatoms. The molecule has 0 aromatic heterocycles. The molecule has 61 heavy (non-hydrogen) atoms. The molecule has 1 aliphatic heterocycles. The Morgan fingerprint density at radius 2 is 0.934 bits per heavy atom. The van der Waals surface area contributed by atoms with E-state index in [-0.39, 0.29) is 5.41 Å². The summed E-state index contributed by atoms with van der Waals surface area (Å²) in [5.74, 6) is 2.92. The van der Waals surface area contributed by atoms with Crippen molar-refractivity contribution in [1.82, 2.24) is 0 Å². The summed E-state index contributed by atoms with van der Waals surface area (Å²) in [6, 6.07) is 76.6. The van der Waals surface area contributed by atoms with Gasteiger partial charge in [-0.3, -0.25) is 0 Å². The van der Waals surface area contributed by atoms with Crippen molar-refractivity contribution >= 4 is 17.1 Å². The van der Waals surface area contributed by atoms with Crippen LogP contribution < -0.4 is 14.4 Å². The van der Waals surface area contributed by atoms with Gasteiger partial charge in [-0.25, -0.2) is 0 Å². The van der Waals surface area contributed by atoms with Gasteiger partial charge in [0.05, 0.1) is 11.1 Å².